The number of halogens is 2. The van der Waals surface area contributed by atoms with E-state index < -0.39 is 5.82 Å². The van der Waals surface area contributed by atoms with Crippen molar-refractivity contribution in [3.8, 4) is 11.4 Å². The molecule has 3 rings (SSSR count). The predicted molar refractivity (Wildman–Crippen MR) is 116 cm³/mol. The molecule has 0 aliphatic rings. The Kier molecular flexibility index (Phi) is 7.16. The van der Waals surface area contributed by atoms with Gasteiger partial charge in [0.15, 0.2) is 11.0 Å². The van der Waals surface area contributed by atoms with Crippen LogP contribution in [0.15, 0.2) is 57.2 Å². The van der Waals surface area contributed by atoms with E-state index in [2.05, 4.69) is 36.7 Å². The number of benzene rings is 2. The number of aromatic nitrogens is 3. The smallest absolute Gasteiger partial charge is 0.250 e. The minimum Gasteiger partial charge on any atom is -0.302 e. The van der Waals surface area contributed by atoms with Crippen molar-refractivity contribution in [1.29, 1.82) is 0 Å². The maximum atomic E-state index is 13.7. The Labute approximate surface area is 180 Å². The van der Waals surface area contributed by atoms with Crippen LogP contribution in [-0.4, -0.2) is 32.6 Å². The van der Waals surface area contributed by atoms with Crippen molar-refractivity contribution in [3.63, 3.8) is 0 Å². The number of aryl methyl sites for hydroxylation is 1. The van der Waals surface area contributed by atoms with Crippen LogP contribution >= 0.6 is 27.7 Å². The van der Waals surface area contributed by atoms with Crippen LogP contribution in [0, 0.1) is 12.7 Å². The van der Waals surface area contributed by atoms with Crippen molar-refractivity contribution in [3.05, 3.63) is 63.9 Å². The molecule has 9 heteroatoms. The van der Waals surface area contributed by atoms with E-state index in [1.807, 2.05) is 42.7 Å². The van der Waals surface area contributed by atoms with Crippen LogP contribution in [0.2, 0.25) is 0 Å². The van der Waals surface area contributed by atoms with Gasteiger partial charge in [0.1, 0.15) is 5.82 Å². The first-order chi connectivity index (χ1) is 14.0. The minimum atomic E-state index is -0.416. The number of hydrazone groups is 1. The first-order valence-electron chi connectivity index (χ1n) is 8.88. The van der Waals surface area contributed by atoms with Crippen LogP contribution in [0.25, 0.3) is 11.4 Å². The van der Waals surface area contributed by atoms with Crippen molar-refractivity contribution < 1.29 is 9.18 Å². The highest BCUT2D eigenvalue weighted by Gasteiger charge is 2.14. The number of carbonyl (C=O) groups excluding carboxylic acids is 1. The van der Waals surface area contributed by atoms with E-state index in [1.165, 1.54) is 29.6 Å². The lowest BCUT2D eigenvalue weighted by atomic mass is 10.1. The normalized spacial score (nSPS) is 11.2. The number of amides is 1. The van der Waals surface area contributed by atoms with Gasteiger partial charge in [-0.05, 0) is 32.0 Å². The molecule has 0 aliphatic carbocycles. The van der Waals surface area contributed by atoms with E-state index in [9.17, 15) is 9.18 Å². The van der Waals surface area contributed by atoms with E-state index in [0.29, 0.717) is 11.7 Å². The van der Waals surface area contributed by atoms with Gasteiger partial charge in [-0.15, -0.1) is 10.2 Å². The molecule has 0 bridgehead atoms. The lowest BCUT2D eigenvalue weighted by Crippen LogP contribution is -2.20. The standard InChI is InChI=1S/C20H19BrFN5OS/c1-3-27-19(14-6-4-13(2)5-7-14)25-26-20(27)29-12-18(28)24-23-11-15-10-16(21)8-9-17(15)22/h4-11H,3,12H2,1-2H3,(H,24,28)/b23-11-. The van der Waals surface area contributed by atoms with Crippen LogP contribution in [0.5, 0.6) is 0 Å². The van der Waals surface area contributed by atoms with Gasteiger partial charge in [0, 0.05) is 22.1 Å². The zero-order chi connectivity index (χ0) is 20.8. The summed E-state index contributed by atoms with van der Waals surface area (Å²) >= 11 is 4.54. The van der Waals surface area contributed by atoms with Crippen LogP contribution in [0.3, 0.4) is 0 Å². The topological polar surface area (TPSA) is 72.2 Å². The van der Waals surface area contributed by atoms with Crippen molar-refractivity contribution in [2.45, 2.75) is 25.5 Å². The van der Waals surface area contributed by atoms with Crippen LogP contribution in [-0.2, 0) is 11.3 Å². The Morgan fingerprint density at radius 1 is 1.28 bits per heavy atom. The molecule has 0 atom stereocenters. The van der Waals surface area contributed by atoms with E-state index in [-0.39, 0.29) is 17.2 Å². The summed E-state index contributed by atoms with van der Waals surface area (Å²) in [7, 11) is 0. The number of nitrogens with one attached hydrogen (secondary N) is 1. The summed E-state index contributed by atoms with van der Waals surface area (Å²) in [6.07, 6.45) is 1.27. The van der Waals surface area contributed by atoms with Gasteiger partial charge in [0.25, 0.3) is 5.91 Å². The molecule has 1 N–H and O–H groups in total. The molecule has 2 aromatic carbocycles. The molecule has 0 fully saturated rings. The number of rotatable bonds is 7. The second kappa shape index (κ2) is 9.80. The zero-order valence-electron chi connectivity index (χ0n) is 15.9. The zero-order valence-corrected chi connectivity index (χ0v) is 18.3. The largest absolute Gasteiger partial charge is 0.302 e. The van der Waals surface area contributed by atoms with E-state index >= 15 is 0 Å². The van der Waals surface area contributed by atoms with Crippen molar-refractivity contribution in [2.75, 3.05) is 5.75 Å². The van der Waals surface area contributed by atoms with E-state index in [4.69, 9.17) is 0 Å². The quantitative estimate of drug-likeness (QED) is 0.312. The van der Waals surface area contributed by atoms with Crippen molar-refractivity contribution >= 4 is 39.8 Å². The van der Waals surface area contributed by atoms with Gasteiger partial charge in [-0.1, -0.05) is 57.5 Å². The molecule has 0 saturated heterocycles. The molecule has 0 spiro atoms. The molecular formula is C20H19BrFN5OS. The van der Waals surface area contributed by atoms with Gasteiger partial charge in [0.05, 0.1) is 12.0 Å². The molecule has 6 nitrogen and oxygen atoms in total. The molecule has 1 heterocycles. The first-order valence-corrected chi connectivity index (χ1v) is 10.7. The number of nitrogens with zero attached hydrogens (tertiary/aromatic N) is 4. The number of hydrogen-bond donors (Lipinski definition) is 1. The Bertz CT molecular complexity index is 1040. The van der Waals surface area contributed by atoms with E-state index in [0.717, 1.165) is 15.9 Å². The molecule has 0 radical (unpaired) electrons. The van der Waals surface area contributed by atoms with Crippen LogP contribution in [0.1, 0.15) is 18.1 Å². The minimum absolute atomic E-state index is 0.115. The molecule has 0 unspecified atom stereocenters. The van der Waals surface area contributed by atoms with Gasteiger partial charge in [0.2, 0.25) is 0 Å². The van der Waals surface area contributed by atoms with Gasteiger partial charge in [-0.25, -0.2) is 9.82 Å². The average Bonchev–Trinajstić information content (AvgIpc) is 3.12. The number of carbonyl (C=O) groups is 1. The Morgan fingerprint density at radius 2 is 2.03 bits per heavy atom. The lowest BCUT2D eigenvalue weighted by Gasteiger charge is -2.07. The summed E-state index contributed by atoms with van der Waals surface area (Å²) in [5.74, 6) is 0.146. The van der Waals surface area contributed by atoms with E-state index in [1.54, 1.807) is 12.1 Å². The molecule has 3 aromatic rings. The fraction of sp³-hybridized carbons (Fsp3) is 0.200. The summed E-state index contributed by atoms with van der Waals surface area (Å²) in [5, 5.41) is 12.9. The molecule has 1 amide bonds. The van der Waals surface area contributed by atoms with Crippen molar-refractivity contribution in [1.82, 2.24) is 20.2 Å². The third-order valence-electron chi connectivity index (χ3n) is 4.03. The van der Waals surface area contributed by atoms with Gasteiger partial charge >= 0.3 is 0 Å². The van der Waals surface area contributed by atoms with Crippen LogP contribution < -0.4 is 5.43 Å². The highest BCUT2D eigenvalue weighted by Crippen LogP contribution is 2.24. The maximum Gasteiger partial charge on any atom is 0.250 e. The van der Waals surface area contributed by atoms with Crippen molar-refractivity contribution in [2.24, 2.45) is 5.10 Å². The summed E-state index contributed by atoms with van der Waals surface area (Å²) in [4.78, 5) is 12.1. The Balaban J connectivity index is 1.61. The summed E-state index contributed by atoms with van der Waals surface area (Å²) in [5.41, 5.74) is 4.83. The highest BCUT2D eigenvalue weighted by atomic mass is 79.9. The lowest BCUT2D eigenvalue weighted by molar-refractivity contribution is -0.118. The first kappa shape index (κ1) is 21.2. The third kappa shape index (κ3) is 5.51. The molecule has 0 aliphatic heterocycles. The predicted octanol–water partition coefficient (Wildman–Crippen LogP) is 4.42. The molecule has 29 heavy (non-hydrogen) atoms. The molecular weight excluding hydrogens is 457 g/mol. The highest BCUT2D eigenvalue weighted by molar-refractivity contribution is 9.10. The Hall–Kier alpha value is -2.52. The maximum absolute atomic E-state index is 13.7. The van der Waals surface area contributed by atoms with Gasteiger partial charge in [-0.3, -0.25) is 4.79 Å². The second-order valence-corrected chi connectivity index (χ2v) is 8.02. The summed E-state index contributed by atoms with van der Waals surface area (Å²) in [6.45, 7) is 4.71. The van der Waals surface area contributed by atoms with Gasteiger partial charge < -0.3 is 4.57 Å². The number of hydrogen-bond acceptors (Lipinski definition) is 5. The SMILES string of the molecule is CCn1c(SCC(=O)N/N=C\c2cc(Br)ccc2F)nnc1-c1ccc(C)cc1. The average molecular weight is 476 g/mol. The Morgan fingerprint density at radius 3 is 2.76 bits per heavy atom. The molecule has 1 aromatic heterocycles. The second-order valence-electron chi connectivity index (χ2n) is 6.16. The summed E-state index contributed by atoms with van der Waals surface area (Å²) < 4.78 is 16.4. The summed E-state index contributed by atoms with van der Waals surface area (Å²) in [6, 6.07) is 12.6. The van der Waals surface area contributed by atoms with Gasteiger partial charge in [-0.2, -0.15) is 5.10 Å². The monoisotopic (exact) mass is 475 g/mol. The molecule has 0 saturated carbocycles. The third-order valence-corrected chi connectivity index (χ3v) is 5.49. The number of thioether (sulfide) groups is 1. The molecule has 150 valence electrons. The van der Waals surface area contributed by atoms with Crippen LogP contribution in [0.4, 0.5) is 4.39 Å². The fourth-order valence-corrected chi connectivity index (χ4v) is 3.72. The fourth-order valence-electron chi connectivity index (χ4n) is 2.55.